The zero-order valence-electron chi connectivity index (χ0n) is 16.3. The van der Waals surface area contributed by atoms with E-state index in [-0.39, 0.29) is 5.91 Å². The minimum Gasteiger partial charge on any atom is -0.381 e. The monoisotopic (exact) mass is 366 g/mol. The number of aromatic nitrogens is 1. The average Bonchev–Trinajstić information content (AvgIpc) is 3.22. The molecule has 2 heterocycles. The number of likely N-dealkylation sites (tertiary alicyclic amines) is 1. The summed E-state index contributed by atoms with van der Waals surface area (Å²) < 4.78 is 0. The molecule has 1 aromatic carbocycles. The highest BCUT2D eigenvalue weighted by atomic mass is 16.1. The van der Waals surface area contributed by atoms with Crippen molar-refractivity contribution in [3.05, 3.63) is 59.9 Å². The van der Waals surface area contributed by atoms with E-state index >= 15 is 0 Å². The molecule has 0 bridgehead atoms. The summed E-state index contributed by atoms with van der Waals surface area (Å²) in [5.74, 6) is 0.531. The molecule has 144 valence electrons. The fourth-order valence-corrected chi connectivity index (χ4v) is 3.60. The van der Waals surface area contributed by atoms with E-state index in [0.717, 1.165) is 25.3 Å². The molecule has 27 heavy (non-hydrogen) atoms. The Balaban J connectivity index is 1.50. The van der Waals surface area contributed by atoms with Gasteiger partial charge in [0, 0.05) is 42.8 Å². The second-order valence-corrected chi connectivity index (χ2v) is 7.55. The van der Waals surface area contributed by atoms with Gasteiger partial charge in [0.05, 0.1) is 0 Å². The van der Waals surface area contributed by atoms with Crippen molar-refractivity contribution in [3.8, 4) is 0 Å². The molecule has 1 amide bonds. The second kappa shape index (κ2) is 9.51. The zero-order chi connectivity index (χ0) is 19.1. The van der Waals surface area contributed by atoms with Gasteiger partial charge in [-0.05, 0) is 73.8 Å². The molecule has 5 heteroatoms. The first-order chi connectivity index (χ1) is 13.1. The van der Waals surface area contributed by atoms with Crippen LogP contribution in [0.4, 0.5) is 5.69 Å². The number of carbonyl (C=O) groups is 1. The lowest BCUT2D eigenvalue weighted by atomic mass is 10.0. The van der Waals surface area contributed by atoms with Crippen LogP contribution in [0.15, 0.2) is 48.8 Å². The number of benzene rings is 1. The SMILES string of the molecule is CC(C)[C@@H](CNC(=O)c1ccc(NCc2ccncc2)cc1)N1CCCC1. The number of carbonyl (C=O) groups excluding carboxylic acids is 1. The number of amides is 1. The van der Waals surface area contributed by atoms with Gasteiger partial charge in [-0.15, -0.1) is 0 Å². The number of anilines is 1. The molecule has 2 aromatic rings. The van der Waals surface area contributed by atoms with E-state index in [9.17, 15) is 4.79 Å². The Kier molecular flexibility index (Phi) is 6.82. The van der Waals surface area contributed by atoms with Crippen molar-refractivity contribution >= 4 is 11.6 Å². The van der Waals surface area contributed by atoms with Crippen LogP contribution in [-0.4, -0.2) is 41.5 Å². The summed E-state index contributed by atoms with van der Waals surface area (Å²) in [5, 5.41) is 6.49. The first-order valence-electron chi connectivity index (χ1n) is 9.88. The van der Waals surface area contributed by atoms with Crippen LogP contribution in [0.1, 0.15) is 42.6 Å². The van der Waals surface area contributed by atoms with E-state index < -0.39 is 0 Å². The molecule has 1 aliphatic rings. The Morgan fingerprint density at radius 2 is 1.74 bits per heavy atom. The molecule has 1 atom stereocenters. The molecule has 0 saturated carbocycles. The van der Waals surface area contributed by atoms with E-state index in [1.54, 1.807) is 12.4 Å². The Hall–Kier alpha value is -2.40. The van der Waals surface area contributed by atoms with Gasteiger partial charge in [-0.3, -0.25) is 14.7 Å². The summed E-state index contributed by atoms with van der Waals surface area (Å²) in [4.78, 5) is 19.1. The van der Waals surface area contributed by atoms with Gasteiger partial charge in [-0.2, -0.15) is 0 Å². The summed E-state index contributed by atoms with van der Waals surface area (Å²) in [6.07, 6.45) is 6.12. The maximum atomic E-state index is 12.5. The van der Waals surface area contributed by atoms with Crippen LogP contribution in [-0.2, 0) is 6.54 Å². The maximum Gasteiger partial charge on any atom is 0.251 e. The van der Waals surface area contributed by atoms with Crippen molar-refractivity contribution in [2.75, 3.05) is 25.0 Å². The smallest absolute Gasteiger partial charge is 0.251 e. The average molecular weight is 367 g/mol. The molecular weight excluding hydrogens is 336 g/mol. The summed E-state index contributed by atoms with van der Waals surface area (Å²) in [5.41, 5.74) is 2.88. The third-order valence-electron chi connectivity index (χ3n) is 5.24. The van der Waals surface area contributed by atoms with Gasteiger partial charge in [0.2, 0.25) is 0 Å². The van der Waals surface area contributed by atoms with E-state index in [0.29, 0.717) is 24.1 Å². The Labute approximate surface area is 162 Å². The molecule has 0 unspecified atom stereocenters. The molecule has 1 aromatic heterocycles. The van der Waals surface area contributed by atoms with Gasteiger partial charge in [0.1, 0.15) is 0 Å². The predicted molar refractivity (Wildman–Crippen MR) is 110 cm³/mol. The molecule has 0 spiro atoms. The van der Waals surface area contributed by atoms with Crippen LogP contribution in [0.5, 0.6) is 0 Å². The van der Waals surface area contributed by atoms with E-state index in [2.05, 4.69) is 34.4 Å². The summed E-state index contributed by atoms with van der Waals surface area (Å²) in [7, 11) is 0. The number of hydrogen-bond donors (Lipinski definition) is 2. The van der Waals surface area contributed by atoms with Gasteiger partial charge in [-0.25, -0.2) is 0 Å². The number of hydrogen-bond acceptors (Lipinski definition) is 4. The normalized spacial score (nSPS) is 15.7. The lowest BCUT2D eigenvalue weighted by Crippen LogP contribution is -2.45. The highest BCUT2D eigenvalue weighted by Crippen LogP contribution is 2.17. The minimum absolute atomic E-state index is 0.000491. The third kappa shape index (κ3) is 5.54. The standard InChI is InChI=1S/C22H30N4O/c1-17(2)21(26-13-3-4-14-26)16-25-22(27)19-5-7-20(8-6-19)24-15-18-9-11-23-12-10-18/h5-12,17,21,24H,3-4,13-16H2,1-2H3,(H,25,27)/t21-/m1/s1. The van der Waals surface area contributed by atoms with Crippen molar-refractivity contribution < 1.29 is 4.79 Å². The lowest BCUT2D eigenvalue weighted by molar-refractivity contribution is 0.0927. The van der Waals surface area contributed by atoms with E-state index in [4.69, 9.17) is 0 Å². The van der Waals surface area contributed by atoms with Gasteiger partial charge in [0.15, 0.2) is 0 Å². The van der Waals surface area contributed by atoms with Gasteiger partial charge in [0.25, 0.3) is 5.91 Å². The second-order valence-electron chi connectivity index (χ2n) is 7.55. The highest BCUT2D eigenvalue weighted by Gasteiger charge is 2.24. The van der Waals surface area contributed by atoms with E-state index in [1.807, 2.05) is 36.4 Å². The number of nitrogens with one attached hydrogen (secondary N) is 2. The zero-order valence-corrected chi connectivity index (χ0v) is 16.3. The van der Waals surface area contributed by atoms with Crippen LogP contribution >= 0.6 is 0 Å². The Morgan fingerprint density at radius 1 is 1.07 bits per heavy atom. The van der Waals surface area contributed by atoms with Crippen LogP contribution in [0.2, 0.25) is 0 Å². The van der Waals surface area contributed by atoms with Crippen molar-refractivity contribution in [2.24, 2.45) is 5.92 Å². The van der Waals surface area contributed by atoms with E-state index in [1.165, 1.54) is 18.4 Å². The maximum absolute atomic E-state index is 12.5. The molecule has 1 aliphatic heterocycles. The predicted octanol–water partition coefficient (Wildman–Crippen LogP) is 3.54. The quantitative estimate of drug-likeness (QED) is 0.750. The van der Waals surface area contributed by atoms with Crippen LogP contribution < -0.4 is 10.6 Å². The van der Waals surface area contributed by atoms with Crippen molar-refractivity contribution in [3.63, 3.8) is 0 Å². The largest absolute Gasteiger partial charge is 0.381 e. The van der Waals surface area contributed by atoms with Gasteiger partial charge >= 0.3 is 0 Å². The number of nitrogens with zero attached hydrogens (tertiary/aromatic N) is 2. The topological polar surface area (TPSA) is 57.3 Å². The first-order valence-corrected chi connectivity index (χ1v) is 9.88. The molecule has 1 fully saturated rings. The van der Waals surface area contributed by atoms with Crippen molar-refractivity contribution in [1.82, 2.24) is 15.2 Å². The number of pyridine rings is 1. The van der Waals surface area contributed by atoms with Crippen LogP contribution in [0, 0.1) is 5.92 Å². The third-order valence-corrected chi connectivity index (χ3v) is 5.24. The number of rotatable bonds is 8. The fraction of sp³-hybridized carbons (Fsp3) is 0.455. The van der Waals surface area contributed by atoms with Gasteiger partial charge < -0.3 is 10.6 Å². The highest BCUT2D eigenvalue weighted by molar-refractivity contribution is 5.94. The van der Waals surface area contributed by atoms with Crippen LogP contribution in [0.3, 0.4) is 0 Å². The Morgan fingerprint density at radius 3 is 2.37 bits per heavy atom. The first kappa shape index (κ1) is 19.4. The fourth-order valence-electron chi connectivity index (χ4n) is 3.60. The molecule has 3 rings (SSSR count). The van der Waals surface area contributed by atoms with Crippen LogP contribution in [0.25, 0.3) is 0 Å². The minimum atomic E-state index is 0.000491. The Bertz CT molecular complexity index is 709. The lowest BCUT2D eigenvalue weighted by Gasteiger charge is -2.31. The summed E-state index contributed by atoms with van der Waals surface area (Å²) >= 11 is 0. The van der Waals surface area contributed by atoms with Crippen molar-refractivity contribution in [2.45, 2.75) is 39.3 Å². The molecule has 1 saturated heterocycles. The molecule has 2 N–H and O–H groups in total. The summed E-state index contributed by atoms with van der Waals surface area (Å²) in [6, 6.07) is 12.1. The van der Waals surface area contributed by atoms with Crippen molar-refractivity contribution in [1.29, 1.82) is 0 Å². The van der Waals surface area contributed by atoms with Gasteiger partial charge in [-0.1, -0.05) is 13.8 Å². The summed E-state index contributed by atoms with van der Waals surface area (Å²) in [6.45, 7) is 8.21. The molecule has 0 aliphatic carbocycles. The molecule has 5 nitrogen and oxygen atoms in total. The molecular formula is C22H30N4O. The molecule has 0 radical (unpaired) electrons.